The fourth-order valence-electron chi connectivity index (χ4n) is 1.43. The summed E-state index contributed by atoms with van der Waals surface area (Å²) in [5.41, 5.74) is 2.47. The van der Waals surface area contributed by atoms with Crippen LogP contribution in [0.3, 0.4) is 0 Å². The topological polar surface area (TPSA) is 47.6 Å². The van der Waals surface area contributed by atoms with E-state index >= 15 is 0 Å². The molecule has 11 heavy (non-hydrogen) atoms. The van der Waals surface area contributed by atoms with E-state index in [0.717, 1.165) is 11.1 Å². The van der Waals surface area contributed by atoms with Crippen molar-refractivity contribution in [2.45, 2.75) is 0 Å². The van der Waals surface area contributed by atoms with Gasteiger partial charge in [0.25, 0.3) is 0 Å². The van der Waals surface area contributed by atoms with Crippen molar-refractivity contribution in [3.63, 3.8) is 0 Å². The van der Waals surface area contributed by atoms with Crippen LogP contribution in [0.1, 0.15) is 0 Å². The predicted molar refractivity (Wildman–Crippen MR) is 39.0 cm³/mol. The molecular weight excluding hydrogens is 136 g/mol. The standard InChI is InChI=1S/C9H4N2/c10-4-7-3-6-1-2-8(7)9(6)5-11/h1-3,9H. The molecule has 0 fully saturated rings. The molecule has 0 heterocycles. The summed E-state index contributed by atoms with van der Waals surface area (Å²) in [6.07, 6.45) is 5.52. The van der Waals surface area contributed by atoms with Gasteiger partial charge in [-0.2, -0.15) is 10.5 Å². The van der Waals surface area contributed by atoms with Crippen LogP contribution in [-0.2, 0) is 0 Å². The summed E-state index contributed by atoms with van der Waals surface area (Å²) in [4.78, 5) is 0. The van der Waals surface area contributed by atoms with Crippen molar-refractivity contribution in [2.24, 2.45) is 5.92 Å². The Balaban J connectivity index is 2.59. The average Bonchev–Trinajstić information content (AvgIpc) is 2.59. The Morgan fingerprint density at radius 2 is 2.09 bits per heavy atom. The number of nitrogens with zero attached hydrogens (tertiary/aromatic N) is 2. The minimum absolute atomic E-state index is 0.162. The van der Waals surface area contributed by atoms with Gasteiger partial charge >= 0.3 is 0 Å². The summed E-state index contributed by atoms with van der Waals surface area (Å²) < 4.78 is 0. The molecule has 2 aliphatic carbocycles. The third-order valence-electron chi connectivity index (χ3n) is 1.97. The maximum Gasteiger partial charge on any atom is 0.0995 e. The van der Waals surface area contributed by atoms with Crippen LogP contribution >= 0.6 is 0 Å². The van der Waals surface area contributed by atoms with Gasteiger partial charge < -0.3 is 0 Å². The highest BCUT2D eigenvalue weighted by molar-refractivity contribution is 5.64. The maximum absolute atomic E-state index is 8.69. The molecule has 2 aliphatic rings. The molecule has 0 aromatic carbocycles. The van der Waals surface area contributed by atoms with E-state index in [1.807, 2.05) is 12.2 Å². The number of rotatable bonds is 0. The van der Waals surface area contributed by atoms with Crippen molar-refractivity contribution in [1.82, 2.24) is 0 Å². The van der Waals surface area contributed by atoms with Crippen LogP contribution < -0.4 is 0 Å². The number of allylic oxidation sites excluding steroid dienone is 6. The van der Waals surface area contributed by atoms with Crippen LogP contribution in [0.2, 0.25) is 0 Å². The summed E-state index contributed by atoms with van der Waals surface area (Å²) in [7, 11) is 0. The van der Waals surface area contributed by atoms with Crippen molar-refractivity contribution in [3.05, 3.63) is 34.9 Å². The summed E-state index contributed by atoms with van der Waals surface area (Å²) in [6.45, 7) is 0. The Bertz CT molecular complexity index is 383. The summed E-state index contributed by atoms with van der Waals surface area (Å²) in [5, 5.41) is 17.3. The minimum Gasteiger partial charge on any atom is -0.197 e. The molecule has 0 radical (unpaired) electrons. The fraction of sp³-hybridized carbons (Fsp3) is 0.111. The molecule has 0 aliphatic heterocycles. The number of fused-ring (bicyclic) bond motifs is 2. The van der Waals surface area contributed by atoms with Crippen molar-refractivity contribution in [1.29, 1.82) is 10.5 Å². The van der Waals surface area contributed by atoms with Crippen LogP contribution in [0.4, 0.5) is 0 Å². The van der Waals surface area contributed by atoms with Gasteiger partial charge in [-0.1, -0.05) is 12.2 Å². The molecule has 2 nitrogen and oxygen atoms in total. The molecule has 50 valence electrons. The van der Waals surface area contributed by atoms with Crippen LogP contribution in [0.25, 0.3) is 0 Å². The van der Waals surface area contributed by atoms with E-state index in [0.29, 0.717) is 5.57 Å². The predicted octanol–water partition coefficient (Wildman–Crippen LogP) is 1.46. The first-order valence-corrected chi connectivity index (χ1v) is 3.30. The van der Waals surface area contributed by atoms with Gasteiger partial charge in [-0.3, -0.25) is 0 Å². The number of nitriles is 2. The Hall–Kier alpha value is -1.80. The molecule has 1 unspecified atom stereocenters. The first-order chi connectivity index (χ1) is 5.36. The second-order valence-electron chi connectivity index (χ2n) is 2.52. The van der Waals surface area contributed by atoms with E-state index < -0.39 is 0 Å². The van der Waals surface area contributed by atoms with E-state index in [1.165, 1.54) is 0 Å². The second kappa shape index (κ2) is 1.84. The van der Waals surface area contributed by atoms with Gasteiger partial charge in [0.05, 0.1) is 23.6 Å². The zero-order valence-corrected chi connectivity index (χ0v) is 5.70. The highest BCUT2D eigenvalue weighted by atomic mass is 14.4. The third kappa shape index (κ3) is 0.586. The molecule has 0 aromatic heterocycles. The lowest BCUT2D eigenvalue weighted by Crippen LogP contribution is -1.90. The van der Waals surface area contributed by atoms with Gasteiger partial charge in [-0.05, 0) is 17.2 Å². The smallest absolute Gasteiger partial charge is 0.0995 e. The first-order valence-electron chi connectivity index (χ1n) is 3.30. The van der Waals surface area contributed by atoms with Crippen LogP contribution in [-0.4, -0.2) is 0 Å². The quantitative estimate of drug-likeness (QED) is 0.511. The van der Waals surface area contributed by atoms with Crippen LogP contribution in [0, 0.1) is 28.6 Å². The molecule has 0 saturated heterocycles. The monoisotopic (exact) mass is 140 g/mol. The molecule has 1 atom stereocenters. The molecule has 2 bridgehead atoms. The van der Waals surface area contributed by atoms with Gasteiger partial charge in [0.15, 0.2) is 0 Å². The van der Waals surface area contributed by atoms with E-state index in [-0.39, 0.29) is 5.92 Å². The normalized spacial score (nSPS) is 24.9. The van der Waals surface area contributed by atoms with E-state index in [1.54, 1.807) is 6.08 Å². The number of hydrogen-bond donors (Lipinski definition) is 0. The molecule has 2 rings (SSSR count). The van der Waals surface area contributed by atoms with Crippen LogP contribution in [0.5, 0.6) is 0 Å². The van der Waals surface area contributed by atoms with Gasteiger partial charge in [-0.25, -0.2) is 0 Å². The largest absolute Gasteiger partial charge is 0.197 e. The molecule has 0 aromatic rings. The van der Waals surface area contributed by atoms with Gasteiger partial charge in [0.2, 0.25) is 0 Å². The van der Waals surface area contributed by atoms with E-state index in [4.69, 9.17) is 10.5 Å². The summed E-state index contributed by atoms with van der Waals surface area (Å²) in [6, 6.07) is 4.21. The minimum atomic E-state index is -0.162. The SMILES string of the molecule is N#CC1=C2C=CC(=C1)C2C#N. The molecule has 2 heteroatoms. The van der Waals surface area contributed by atoms with Crippen molar-refractivity contribution in [3.8, 4) is 12.1 Å². The molecular formula is C9H4N2. The Morgan fingerprint density at radius 3 is 2.55 bits per heavy atom. The van der Waals surface area contributed by atoms with Crippen molar-refractivity contribution < 1.29 is 0 Å². The Labute approximate surface area is 64.4 Å². The molecule has 0 spiro atoms. The molecule has 0 amide bonds. The highest BCUT2D eigenvalue weighted by Gasteiger charge is 2.28. The van der Waals surface area contributed by atoms with Gasteiger partial charge in [0.1, 0.15) is 0 Å². The molecule has 0 N–H and O–H groups in total. The van der Waals surface area contributed by atoms with E-state index in [9.17, 15) is 0 Å². The Morgan fingerprint density at radius 1 is 1.27 bits per heavy atom. The lowest BCUT2D eigenvalue weighted by Gasteiger charge is -1.94. The van der Waals surface area contributed by atoms with Gasteiger partial charge in [0, 0.05) is 0 Å². The molecule has 0 saturated carbocycles. The van der Waals surface area contributed by atoms with E-state index in [2.05, 4.69) is 12.1 Å². The lowest BCUT2D eigenvalue weighted by atomic mass is 10.0. The third-order valence-corrected chi connectivity index (χ3v) is 1.97. The lowest BCUT2D eigenvalue weighted by molar-refractivity contribution is 1.03. The second-order valence-corrected chi connectivity index (χ2v) is 2.52. The fourth-order valence-corrected chi connectivity index (χ4v) is 1.43. The van der Waals surface area contributed by atoms with Crippen LogP contribution in [0.15, 0.2) is 34.9 Å². The first kappa shape index (κ1) is 5.95. The van der Waals surface area contributed by atoms with Crippen molar-refractivity contribution >= 4 is 0 Å². The van der Waals surface area contributed by atoms with Gasteiger partial charge in [-0.15, -0.1) is 0 Å². The van der Waals surface area contributed by atoms with Crippen molar-refractivity contribution in [2.75, 3.05) is 0 Å². The zero-order valence-electron chi connectivity index (χ0n) is 5.70. The average molecular weight is 140 g/mol. The maximum atomic E-state index is 8.69. The zero-order chi connectivity index (χ0) is 7.84. The summed E-state index contributed by atoms with van der Waals surface area (Å²) >= 11 is 0. The Kier molecular flexibility index (Phi) is 0.995. The summed E-state index contributed by atoms with van der Waals surface area (Å²) in [5.74, 6) is -0.162. The number of hydrogen-bond acceptors (Lipinski definition) is 2. The highest BCUT2D eigenvalue weighted by Crippen LogP contribution is 2.38.